The van der Waals surface area contributed by atoms with Gasteiger partial charge in [0, 0.05) is 0 Å². The molecule has 1 radical (unpaired) electrons. The highest BCUT2D eigenvalue weighted by Gasteiger charge is 2.19. The molecule has 4 nitrogen and oxygen atoms in total. The molecule has 4 heteroatoms. The molecule has 0 atom stereocenters. The van der Waals surface area contributed by atoms with Crippen LogP contribution >= 0.6 is 0 Å². The van der Waals surface area contributed by atoms with E-state index in [9.17, 15) is 0 Å². The smallest absolute Gasteiger partial charge is 0.163 e. The Balaban J connectivity index is 2.11. The minimum Gasteiger partial charge on any atom is -0.307 e. The fraction of sp³-hybridized carbons (Fsp3) is 0.400. The molecule has 71 valence electrons. The van der Waals surface area contributed by atoms with Crippen LogP contribution < -0.4 is 0 Å². The molecule has 2 aromatic heterocycles. The maximum atomic E-state index is 4.28. The minimum absolute atomic E-state index is 0.881. The van der Waals surface area contributed by atoms with Gasteiger partial charge in [-0.25, -0.2) is 15.0 Å². The number of rotatable bonds is 1. The molecule has 14 heavy (non-hydrogen) atoms. The van der Waals surface area contributed by atoms with E-state index in [1.165, 1.54) is 31.7 Å². The number of fused-ring (bicyclic) bond motifs is 1. The second-order valence-electron chi connectivity index (χ2n) is 3.62. The van der Waals surface area contributed by atoms with E-state index in [0.717, 1.165) is 11.2 Å². The van der Waals surface area contributed by atoms with Crippen molar-refractivity contribution in [1.29, 1.82) is 0 Å². The molecule has 0 amide bonds. The van der Waals surface area contributed by atoms with Crippen LogP contribution in [0.5, 0.6) is 0 Å². The highest BCUT2D eigenvalue weighted by atomic mass is 15.1. The lowest BCUT2D eigenvalue weighted by Crippen LogP contribution is -2.04. The number of aromatic nitrogens is 4. The third-order valence-electron chi connectivity index (χ3n) is 2.73. The quantitative estimate of drug-likeness (QED) is 0.683. The van der Waals surface area contributed by atoms with Crippen LogP contribution in [-0.2, 0) is 0 Å². The van der Waals surface area contributed by atoms with Crippen LogP contribution in [0.25, 0.3) is 11.2 Å². The molecule has 0 spiro atoms. The zero-order valence-corrected chi connectivity index (χ0v) is 7.85. The topological polar surface area (TPSA) is 43.6 Å². The molecule has 2 heterocycles. The Hall–Kier alpha value is -1.45. The highest BCUT2D eigenvalue weighted by molar-refractivity contribution is 5.69. The van der Waals surface area contributed by atoms with E-state index < -0.39 is 0 Å². The van der Waals surface area contributed by atoms with E-state index >= 15 is 0 Å². The number of hydrogen-bond acceptors (Lipinski definition) is 3. The van der Waals surface area contributed by atoms with E-state index in [4.69, 9.17) is 0 Å². The lowest BCUT2D eigenvalue weighted by atomic mass is 10.2. The van der Waals surface area contributed by atoms with Crippen molar-refractivity contribution < 1.29 is 0 Å². The zero-order valence-electron chi connectivity index (χ0n) is 7.85. The fourth-order valence-corrected chi connectivity index (χ4v) is 2.02. The molecular weight excluding hydrogens is 176 g/mol. The second-order valence-corrected chi connectivity index (χ2v) is 3.62. The van der Waals surface area contributed by atoms with Gasteiger partial charge in [0.15, 0.2) is 5.65 Å². The Morgan fingerprint density at radius 1 is 1.14 bits per heavy atom. The van der Waals surface area contributed by atoms with Crippen molar-refractivity contribution in [2.45, 2.75) is 25.7 Å². The van der Waals surface area contributed by atoms with Crippen molar-refractivity contribution >= 4 is 11.2 Å². The van der Waals surface area contributed by atoms with Gasteiger partial charge in [-0.3, -0.25) is 0 Å². The van der Waals surface area contributed by atoms with E-state index in [1.807, 2.05) is 6.33 Å². The van der Waals surface area contributed by atoms with E-state index in [-0.39, 0.29) is 0 Å². The molecule has 1 fully saturated rings. The van der Waals surface area contributed by atoms with E-state index in [1.54, 1.807) is 12.5 Å². The molecule has 1 aliphatic carbocycles. The summed E-state index contributed by atoms with van der Waals surface area (Å²) in [6, 6.07) is 1.44. The van der Waals surface area contributed by atoms with Crippen LogP contribution in [0.2, 0.25) is 0 Å². The van der Waals surface area contributed by atoms with Crippen LogP contribution in [0.15, 0.2) is 18.9 Å². The SMILES string of the molecule is c1ncc2ncn([C]3CCCC3)c2n1. The molecule has 0 bridgehead atoms. The van der Waals surface area contributed by atoms with Crippen LogP contribution in [-0.4, -0.2) is 19.5 Å². The first-order chi connectivity index (χ1) is 6.95. The molecule has 2 aromatic rings. The van der Waals surface area contributed by atoms with Gasteiger partial charge in [-0.1, -0.05) is 12.8 Å². The molecule has 0 saturated heterocycles. The molecular formula is C10H11N4. The summed E-state index contributed by atoms with van der Waals surface area (Å²) in [6.45, 7) is 0. The van der Waals surface area contributed by atoms with Gasteiger partial charge < -0.3 is 4.57 Å². The number of hydrogen-bond donors (Lipinski definition) is 0. The van der Waals surface area contributed by atoms with Gasteiger partial charge in [0.25, 0.3) is 0 Å². The summed E-state index contributed by atoms with van der Waals surface area (Å²) in [5.74, 6) is 0. The molecule has 0 aliphatic heterocycles. The van der Waals surface area contributed by atoms with Crippen molar-refractivity contribution in [3.8, 4) is 0 Å². The maximum Gasteiger partial charge on any atom is 0.163 e. The van der Waals surface area contributed by atoms with Gasteiger partial charge in [0.1, 0.15) is 11.8 Å². The van der Waals surface area contributed by atoms with Crippen molar-refractivity contribution in [3.05, 3.63) is 24.9 Å². The van der Waals surface area contributed by atoms with Gasteiger partial charge >= 0.3 is 0 Å². The molecule has 0 unspecified atom stereocenters. The summed E-state index contributed by atoms with van der Waals surface area (Å²) < 4.78 is 2.12. The first-order valence-electron chi connectivity index (χ1n) is 4.93. The molecule has 3 rings (SSSR count). The van der Waals surface area contributed by atoms with Crippen LogP contribution in [0.1, 0.15) is 25.7 Å². The number of nitrogens with zero attached hydrogens (tertiary/aromatic N) is 4. The van der Waals surface area contributed by atoms with Gasteiger partial charge in [0.05, 0.1) is 18.6 Å². The fourth-order valence-electron chi connectivity index (χ4n) is 2.02. The maximum absolute atomic E-state index is 4.28. The minimum atomic E-state index is 0.881. The average Bonchev–Trinajstić information content (AvgIpc) is 2.85. The third-order valence-corrected chi connectivity index (χ3v) is 2.73. The summed E-state index contributed by atoms with van der Waals surface area (Å²) in [6.07, 6.45) is 10.1. The van der Waals surface area contributed by atoms with Gasteiger partial charge in [-0.2, -0.15) is 0 Å². The van der Waals surface area contributed by atoms with Gasteiger partial charge in [-0.15, -0.1) is 0 Å². The standard InChI is InChI=1S/C10H11N4/c1-2-4-8(3-1)14-7-13-9-5-11-6-12-10(9)14/h5-7H,1-4H2. The Labute approximate surface area is 82.0 Å². The lowest BCUT2D eigenvalue weighted by molar-refractivity contribution is 0.741. The molecule has 0 N–H and O–H groups in total. The summed E-state index contributed by atoms with van der Waals surface area (Å²) >= 11 is 0. The normalized spacial score (nSPS) is 18.0. The largest absolute Gasteiger partial charge is 0.307 e. The van der Waals surface area contributed by atoms with Crippen LogP contribution in [0.4, 0.5) is 0 Å². The van der Waals surface area contributed by atoms with E-state index in [2.05, 4.69) is 19.5 Å². The lowest BCUT2D eigenvalue weighted by Gasteiger charge is -2.09. The molecule has 1 saturated carbocycles. The Bertz CT molecular complexity index is 442. The van der Waals surface area contributed by atoms with Crippen molar-refractivity contribution in [2.75, 3.05) is 0 Å². The Morgan fingerprint density at radius 3 is 2.86 bits per heavy atom. The number of imidazole rings is 1. The first-order valence-corrected chi connectivity index (χ1v) is 4.93. The first kappa shape index (κ1) is 7.91. The average molecular weight is 187 g/mol. The Kier molecular flexibility index (Phi) is 1.72. The van der Waals surface area contributed by atoms with Crippen LogP contribution in [0, 0.1) is 6.04 Å². The summed E-state index contributed by atoms with van der Waals surface area (Å²) in [5.41, 5.74) is 1.82. The van der Waals surface area contributed by atoms with Crippen molar-refractivity contribution in [1.82, 2.24) is 19.5 Å². The molecule has 0 aromatic carbocycles. The monoisotopic (exact) mass is 187 g/mol. The Morgan fingerprint density at radius 2 is 2.00 bits per heavy atom. The zero-order chi connectivity index (χ0) is 9.38. The summed E-state index contributed by atoms with van der Waals surface area (Å²) in [5, 5.41) is 0. The van der Waals surface area contributed by atoms with Crippen molar-refractivity contribution in [3.63, 3.8) is 0 Å². The highest BCUT2D eigenvalue weighted by Crippen LogP contribution is 2.30. The van der Waals surface area contributed by atoms with Gasteiger partial charge in [0.2, 0.25) is 0 Å². The molecule has 1 aliphatic rings. The predicted octanol–water partition coefficient (Wildman–Crippen LogP) is 1.78. The summed E-state index contributed by atoms with van der Waals surface area (Å²) in [4.78, 5) is 12.5. The van der Waals surface area contributed by atoms with E-state index in [0.29, 0.717) is 0 Å². The third kappa shape index (κ3) is 1.10. The van der Waals surface area contributed by atoms with Gasteiger partial charge in [-0.05, 0) is 12.8 Å². The predicted molar refractivity (Wildman–Crippen MR) is 52.4 cm³/mol. The van der Waals surface area contributed by atoms with Crippen LogP contribution in [0.3, 0.4) is 0 Å². The van der Waals surface area contributed by atoms with Crippen molar-refractivity contribution in [2.24, 2.45) is 0 Å². The summed E-state index contributed by atoms with van der Waals surface area (Å²) in [7, 11) is 0. The second kappa shape index (κ2) is 3.04.